The minimum absolute atomic E-state index is 0.205. The fourth-order valence-electron chi connectivity index (χ4n) is 2.95. The molecular formula is C23H26FN5O3S. The molecule has 0 radical (unpaired) electrons. The first-order chi connectivity index (χ1) is 15.9. The molecule has 33 heavy (non-hydrogen) atoms. The van der Waals surface area contributed by atoms with Crippen molar-refractivity contribution >= 4 is 35.3 Å². The van der Waals surface area contributed by atoms with E-state index >= 15 is 0 Å². The Hall–Kier alpha value is -3.40. The molecule has 3 aromatic rings. The van der Waals surface area contributed by atoms with Crippen LogP contribution in [0.1, 0.15) is 20.3 Å². The molecule has 0 saturated carbocycles. The van der Waals surface area contributed by atoms with Gasteiger partial charge in [-0.1, -0.05) is 19.9 Å². The normalized spacial score (nSPS) is 11.7. The lowest BCUT2D eigenvalue weighted by molar-refractivity contribution is -0.141. The van der Waals surface area contributed by atoms with Gasteiger partial charge in [0.05, 0.1) is 14.2 Å². The van der Waals surface area contributed by atoms with Gasteiger partial charge in [-0.2, -0.15) is 15.0 Å². The summed E-state index contributed by atoms with van der Waals surface area (Å²) in [5, 5.41) is 6.45. The molecule has 0 saturated heterocycles. The van der Waals surface area contributed by atoms with Gasteiger partial charge in [-0.25, -0.2) is 9.18 Å². The molecule has 1 heterocycles. The molecule has 174 valence electrons. The van der Waals surface area contributed by atoms with Crippen LogP contribution in [-0.4, -0.2) is 41.2 Å². The number of halogens is 1. The van der Waals surface area contributed by atoms with Gasteiger partial charge in [0.1, 0.15) is 17.6 Å². The average molecular weight is 472 g/mol. The lowest BCUT2D eigenvalue weighted by atomic mass is 10.0. The number of ether oxygens (including phenoxy) is 2. The average Bonchev–Trinajstić information content (AvgIpc) is 2.78. The summed E-state index contributed by atoms with van der Waals surface area (Å²) in [6, 6.07) is 12.8. The molecule has 0 amide bonds. The number of anilines is 3. The molecule has 0 aliphatic carbocycles. The zero-order chi connectivity index (χ0) is 23.8. The van der Waals surface area contributed by atoms with Crippen molar-refractivity contribution in [3.05, 3.63) is 54.3 Å². The number of aromatic nitrogens is 3. The fraction of sp³-hybridized carbons (Fsp3) is 0.304. The molecule has 3 rings (SSSR count). The number of esters is 1. The monoisotopic (exact) mass is 471 g/mol. The van der Waals surface area contributed by atoms with E-state index in [1.54, 1.807) is 19.2 Å². The van der Waals surface area contributed by atoms with Crippen LogP contribution in [0, 0.1) is 11.7 Å². The summed E-state index contributed by atoms with van der Waals surface area (Å²) in [4.78, 5) is 26.5. The quantitative estimate of drug-likeness (QED) is 0.400. The molecule has 2 aromatic carbocycles. The Bertz CT molecular complexity index is 1080. The Morgan fingerprint density at radius 2 is 1.79 bits per heavy atom. The van der Waals surface area contributed by atoms with E-state index in [4.69, 9.17) is 9.47 Å². The van der Waals surface area contributed by atoms with Crippen LogP contribution >= 0.6 is 11.8 Å². The third kappa shape index (κ3) is 7.31. The van der Waals surface area contributed by atoms with Crippen LogP contribution in [-0.2, 0) is 9.53 Å². The summed E-state index contributed by atoms with van der Waals surface area (Å²) >= 11 is 1.32. The number of benzene rings is 2. The highest BCUT2D eigenvalue weighted by Gasteiger charge is 2.22. The van der Waals surface area contributed by atoms with E-state index in [9.17, 15) is 9.18 Å². The smallest absolute Gasteiger partial charge is 0.328 e. The Balaban J connectivity index is 1.92. The molecule has 0 bridgehead atoms. The topological polar surface area (TPSA) is 98.3 Å². The Morgan fingerprint density at radius 3 is 2.42 bits per heavy atom. The number of rotatable bonds is 10. The predicted octanol–water partition coefficient (Wildman–Crippen LogP) is 4.91. The zero-order valence-corrected chi connectivity index (χ0v) is 19.6. The summed E-state index contributed by atoms with van der Waals surface area (Å²) < 4.78 is 23.8. The number of carbonyl (C=O) groups is 1. The van der Waals surface area contributed by atoms with Crippen LogP contribution in [0.2, 0.25) is 0 Å². The summed E-state index contributed by atoms with van der Waals surface area (Å²) in [5.41, 5.74) is 0.485. The first kappa shape index (κ1) is 24.2. The third-order valence-electron chi connectivity index (χ3n) is 4.46. The van der Waals surface area contributed by atoms with Gasteiger partial charge in [0, 0.05) is 10.6 Å². The highest BCUT2D eigenvalue weighted by Crippen LogP contribution is 2.28. The SMILES string of the molecule is COC(=O)C(CC(C)C)Nc1nc(Nc2cccc(F)c2)nc(Sc2ccc(OC)cc2)n1. The van der Waals surface area contributed by atoms with Crippen molar-refractivity contribution in [1.29, 1.82) is 0 Å². The van der Waals surface area contributed by atoms with E-state index in [2.05, 4.69) is 25.6 Å². The number of nitrogens with one attached hydrogen (secondary N) is 2. The van der Waals surface area contributed by atoms with Gasteiger partial charge in [-0.15, -0.1) is 0 Å². The first-order valence-corrected chi connectivity index (χ1v) is 11.1. The van der Waals surface area contributed by atoms with Crippen molar-refractivity contribution in [2.45, 2.75) is 36.4 Å². The number of hydrogen-bond acceptors (Lipinski definition) is 9. The Morgan fingerprint density at radius 1 is 1.06 bits per heavy atom. The van der Waals surface area contributed by atoms with Gasteiger partial charge < -0.3 is 20.1 Å². The molecule has 0 fully saturated rings. The van der Waals surface area contributed by atoms with Crippen LogP contribution in [0.25, 0.3) is 0 Å². The number of carbonyl (C=O) groups excluding carboxylic acids is 1. The van der Waals surface area contributed by atoms with Crippen LogP contribution in [0.3, 0.4) is 0 Å². The van der Waals surface area contributed by atoms with Crippen molar-refractivity contribution in [2.75, 3.05) is 24.9 Å². The molecule has 1 aromatic heterocycles. The van der Waals surface area contributed by atoms with Crippen molar-refractivity contribution in [2.24, 2.45) is 5.92 Å². The molecule has 0 spiro atoms. The molecule has 0 aliphatic rings. The van der Waals surface area contributed by atoms with E-state index in [0.717, 1.165) is 10.6 Å². The fourth-order valence-corrected chi connectivity index (χ4v) is 3.70. The van der Waals surface area contributed by atoms with E-state index < -0.39 is 12.0 Å². The summed E-state index contributed by atoms with van der Waals surface area (Å²) in [6.07, 6.45) is 0.534. The van der Waals surface area contributed by atoms with Crippen molar-refractivity contribution < 1.29 is 18.7 Å². The Kier molecular flexibility index (Phi) is 8.42. The standard InChI is InChI=1S/C23H26FN5O3S/c1-14(2)12-19(20(30)32-4)26-22-27-21(25-16-7-5-6-15(24)13-16)28-23(29-22)33-18-10-8-17(31-3)9-11-18/h5-11,13-14,19H,12H2,1-4H3,(H2,25,26,27,28,29). The van der Waals surface area contributed by atoms with Gasteiger partial charge in [-0.05, 0) is 66.6 Å². The van der Waals surface area contributed by atoms with Crippen LogP contribution in [0.4, 0.5) is 22.0 Å². The largest absolute Gasteiger partial charge is 0.497 e. The highest BCUT2D eigenvalue weighted by molar-refractivity contribution is 7.99. The minimum atomic E-state index is -0.627. The molecule has 10 heteroatoms. The first-order valence-electron chi connectivity index (χ1n) is 10.3. The van der Waals surface area contributed by atoms with Crippen molar-refractivity contribution in [3.63, 3.8) is 0 Å². The van der Waals surface area contributed by atoms with Gasteiger partial charge in [-0.3, -0.25) is 0 Å². The second-order valence-electron chi connectivity index (χ2n) is 7.53. The molecule has 1 unspecified atom stereocenters. The van der Waals surface area contributed by atoms with E-state index in [0.29, 0.717) is 17.3 Å². The summed E-state index contributed by atoms with van der Waals surface area (Å²) in [7, 11) is 2.94. The maximum Gasteiger partial charge on any atom is 0.328 e. The van der Waals surface area contributed by atoms with Gasteiger partial charge in [0.15, 0.2) is 5.16 Å². The minimum Gasteiger partial charge on any atom is -0.497 e. The van der Waals surface area contributed by atoms with E-state index in [1.165, 1.54) is 31.0 Å². The lowest BCUT2D eigenvalue weighted by Crippen LogP contribution is -2.33. The Labute approximate surface area is 196 Å². The summed E-state index contributed by atoms with van der Waals surface area (Å²) in [6.45, 7) is 4.01. The molecule has 8 nitrogen and oxygen atoms in total. The molecule has 0 aliphatic heterocycles. The molecule has 2 N–H and O–H groups in total. The zero-order valence-electron chi connectivity index (χ0n) is 18.8. The summed E-state index contributed by atoms with van der Waals surface area (Å²) in [5.74, 6) is 0.594. The highest BCUT2D eigenvalue weighted by atomic mass is 32.2. The van der Waals surface area contributed by atoms with Gasteiger partial charge >= 0.3 is 5.97 Å². The lowest BCUT2D eigenvalue weighted by Gasteiger charge is -2.19. The maximum atomic E-state index is 13.6. The third-order valence-corrected chi connectivity index (χ3v) is 5.33. The van der Waals surface area contributed by atoms with Crippen LogP contribution < -0.4 is 15.4 Å². The number of nitrogens with zero attached hydrogens (tertiary/aromatic N) is 3. The van der Waals surface area contributed by atoms with E-state index in [1.807, 2.05) is 38.1 Å². The van der Waals surface area contributed by atoms with Crippen molar-refractivity contribution in [3.8, 4) is 5.75 Å². The molecular weight excluding hydrogens is 445 g/mol. The molecule has 1 atom stereocenters. The van der Waals surface area contributed by atoms with Crippen molar-refractivity contribution in [1.82, 2.24) is 15.0 Å². The maximum absolute atomic E-state index is 13.6. The van der Waals surface area contributed by atoms with Crippen LogP contribution in [0.15, 0.2) is 58.6 Å². The number of methoxy groups -OCH3 is 2. The van der Waals surface area contributed by atoms with Crippen LogP contribution in [0.5, 0.6) is 5.75 Å². The predicted molar refractivity (Wildman–Crippen MR) is 126 cm³/mol. The number of hydrogen-bond donors (Lipinski definition) is 2. The van der Waals surface area contributed by atoms with Gasteiger partial charge in [0.25, 0.3) is 0 Å². The van der Waals surface area contributed by atoms with Gasteiger partial charge in [0.2, 0.25) is 11.9 Å². The van der Waals surface area contributed by atoms with E-state index in [-0.39, 0.29) is 23.6 Å². The second-order valence-corrected chi connectivity index (χ2v) is 8.57. The second kappa shape index (κ2) is 11.5.